The van der Waals surface area contributed by atoms with Crippen LogP contribution < -0.4 is 4.18 Å². The van der Waals surface area contributed by atoms with Crippen LogP contribution in [0.25, 0.3) is 0 Å². The number of Topliss-reactive ketones (excluding diaryl/α,β-unsaturated/α-hetero) is 1. The van der Waals surface area contributed by atoms with Gasteiger partial charge < -0.3 is 4.18 Å². The summed E-state index contributed by atoms with van der Waals surface area (Å²) in [7, 11) is -5.80. The first kappa shape index (κ1) is 17.3. The maximum atomic E-state index is 12.9. The van der Waals surface area contributed by atoms with Gasteiger partial charge in [0.05, 0.1) is 5.56 Å². The molecule has 0 N–H and O–H groups in total. The monoisotopic (exact) mass is 362 g/mol. The van der Waals surface area contributed by atoms with E-state index in [1.807, 2.05) is 0 Å². The molecule has 2 aliphatic rings. The van der Waals surface area contributed by atoms with Crippen LogP contribution in [0.2, 0.25) is 0 Å². The molecule has 1 aromatic carbocycles. The maximum absolute atomic E-state index is 12.9. The van der Waals surface area contributed by atoms with Crippen molar-refractivity contribution in [1.82, 2.24) is 0 Å². The van der Waals surface area contributed by atoms with Crippen LogP contribution in [0.3, 0.4) is 0 Å². The molecular weight excluding hydrogens is 345 g/mol. The van der Waals surface area contributed by atoms with E-state index in [2.05, 4.69) is 4.18 Å². The lowest BCUT2D eigenvalue weighted by Gasteiger charge is -2.31. The van der Waals surface area contributed by atoms with Crippen LogP contribution in [0.4, 0.5) is 13.2 Å². The molecular formula is C16H17F3O4S. The Morgan fingerprint density at radius 1 is 1.12 bits per heavy atom. The minimum atomic E-state index is -5.80. The summed E-state index contributed by atoms with van der Waals surface area (Å²) in [4.78, 5) is 12.9. The van der Waals surface area contributed by atoms with Gasteiger partial charge in [0.2, 0.25) is 0 Å². The van der Waals surface area contributed by atoms with E-state index in [1.165, 1.54) is 6.07 Å². The molecule has 0 atom stereocenters. The number of halogens is 3. The summed E-state index contributed by atoms with van der Waals surface area (Å²) < 4.78 is 64.7. The van der Waals surface area contributed by atoms with Crippen molar-refractivity contribution < 1.29 is 30.6 Å². The molecule has 0 amide bonds. The van der Waals surface area contributed by atoms with Crippen LogP contribution in [0.5, 0.6) is 5.75 Å². The topological polar surface area (TPSA) is 60.4 Å². The molecule has 2 aliphatic carbocycles. The fourth-order valence-corrected chi connectivity index (χ4v) is 4.23. The quantitative estimate of drug-likeness (QED) is 0.591. The molecule has 0 unspecified atom stereocenters. The van der Waals surface area contributed by atoms with Crippen molar-refractivity contribution in [1.29, 1.82) is 0 Å². The number of carbonyl (C=O) groups excluding carboxylic acids is 1. The second-order valence-corrected chi connectivity index (χ2v) is 8.10. The molecule has 0 aliphatic heterocycles. The van der Waals surface area contributed by atoms with E-state index in [1.54, 1.807) is 6.92 Å². The van der Waals surface area contributed by atoms with E-state index in [9.17, 15) is 26.4 Å². The van der Waals surface area contributed by atoms with Gasteiger partial charge in [-0.3, -0.25) is 4.79 Å². The van der Waals surface area contributed by atoms with E-state index in [0.717, 1.165) is 30.9 Å². The molecule has 8 heteroatoms. The van der Waals surface area contributed by atoms with Gasteiger partial charge in [-0.15, -0.1) is 0 Å². The van der Waals surface area contributed by atoms with Gasteiger partial charge in [0.1, 0.15) is 0 Å². The molecule has 1 aromatic rings. The van der Waals surface area contributed by atoms with Gasteiger partial charge in [-0.1, -0.05) is 25.3 Å². The van der Waals surface area contributed by atoms with Crippen LogP contribution in [0.15, 0.2) is 12.1 Å². The second kappa shape index (κ2) is 5.47. The number of rotatable bonds is 2. The lowest BCUT2D eigenvalue weighted by molar-refractivity contribution is -0.0500. The molecule has 1 saturated carbocycles. The first-order chi connectivity index (χ1) is 11.1. The maximum Gasteiger partial charge on any atom is 0.534 e. The number of fused-ring (bicyclic) bond motifs is 1. The molecule has 0 heterocycles. The average molecular weight is 362 g/mol. The van der Waals surface area contributed by atoms with Gasteiger partial charge in [-0.05, 0) is 43.4 Å². The minimum absolute atomic E-state index is 0.00438. The van der Waals surface area contributed by atoms with Gasteiger partial charge in [0.15, 0.2) is 11.5 Å². The number of hydrogen-bond acceptors (Lipinski definition) is 4. The van der Waals surface area contributed by atoms with Crippen LogP contribution in [0, 0.1) is 12.3 Å². The SMILES string of the molecule is Cc1ccc(OS(=O)(=O)C(F)(F)F)c2c1CC1(CCCCC1)C2=O. The normalized spacial score (nSPS) is 20.2. The summed E-state index contributed by atoms with van der Waals surface area (Å²) in [6.07, 6.45) is 4.58. The Labute approximate surface area is 138 Å². The number of hydrogen-bond donors (Lipinski definition) is 0. The molecule has 1 spiro atoms. The Morgan fingerprint density at radius 2 is 1.75 bits per heavy atom. The molecule has 0 aromatic heterocycles. The predicted molar refractivity (Wildman–Crippen MR) is 80.3 cm³/mol. The van der Waals surface area contributed by atoms with Crippen molar-refractivity contribution in [2.24, 2.45) is 5.41 Å². The summed E-state index contributed by atoms with van der Waals surface area (Å²) in [5, 5.41) is 0. The van der Waals surface area contributed by atoms with Crippen molar-refractivity contribution in [2.45, 2.75) is 51.0 Å². The fraction of sp³-hybridized carbons (Fsp3) is 0.562. The highest BCUT2D eigenvalue weighted by Gasteiger charge is 2.51. The lowest BCUT2D eigenvalue weighted by Crippen LogP contribution is -2.31. The third-order valence-corrected chi connectivity index (χ3v) is 5.99. The molecule has 24 heavy (non-hydrogen) atoms. The molecule has 132 valence electrons. The second-order valence-electron chi connectivity index (χ2n) is 6.56. The van der Waals surface area contributed by atoms with E-state index in [-0.39, 0.29) is 11.3 Å². The first-order valence-corrected chi connectivity index (χ1v) is 9.16. The molecule has 0 saturated heterocycles. The third-order valence-electron chi connectivity index (χ3n) is 5.03. The summed E-state index contributed by atoms with van der Waals surface area (Å²) in [5.41, 5.74) is -4.78. The van der Waals surface area contributed by atoms with Crippen molar-refractivity contribution in [2.75, 3.05) is 0 Å². The first-order valence-electron chi connectivity index (χ1n) is 7.75. The third kappa shape index (κ3) is 2.60. The van der Waals surface area contributed by atoms with Gasteiger partial charge in [-0.2, -0.15) is 21.6 Å². The van der Waals surface area contributed by atoms with Crippen LogP contribution in [-0.2, 0) is 16.5 Å². The van der Waals surface area contributed by atoms with E-state index in [0.29, 0.717) is 24.8 Å². The Bertz CT molecular complexity index is 790. The van der Waals surface area contributed by atoms with Crippen LogP contribution in [-0.4, -0.2) is 19.7 Å². The summed E-state index contributed by atoms with van der Waals surface area (Å²) in [6, 6.07) is 2.63. The standard InChI is InChI=1S/C16H17F3O4S/c1-10-5-6-12(23-24(21,22)16(17,18)19)13-11(10)9-15(14(13)20)7-3-2-4-8-15/h5-6H,2-4,7-9H2,1H3. The smallest absolute Gasteiger partial charge is 0.375 e. The van der Waals surface area contributed by atoms with Gasteiger partial charge in [-0.25, -0.2) is 0 Å². The summed E-state index contributed by atoms with van der Waals surface area (Å²) in [6.45, 7) is 1.76. The van der Waals surface area contributed by atoms with Crippen molar-refractivity contribution >= 4 is 15.9 Å². The number of benzene rings is 1. The highest BCUT2D eigenvalue weighted by atomic mass is 32.2. The van der Waals surface area contributed by atoms with Crippen molar-refractivity contribution in [3.8, 4) is 5.75 Å². The Hall–Kier alpha value is -1.57. The summed E-state index contributed by atoms with van der Waals surface area (Å²) in [5.74, 6) is -0.798. The Balaban J connectivity index is 2.06. The Kier molecular flexibility index (Phi) is 3.94. The number of carbonyl (C=O) groups is 1. The number of alkyl halides is 3. The zero-order valence-electron chi connectivity index (χ0n) is 13.1. The van der Waals surface area contributed by atoms with Crippen molar-refractivity contribution in [3.63, 3.8) is 0 Å². The number of ketones is 1. The van der Waals surface area contributed by atoms with E-state index in [4.69, 9.17) is 0 Å². The minimum Gasteiger partial charge on any atom is -0.375 e. The lowest BCUT2D eigenvalue weighted by atomic mass is 9.71. The zero-order valence-corrected chi connectivity index (χ0v) is 13.9. The fourth-order valence-electron chi connectivity index (χ4n) is 3.76. The molecule has 0 bridgehead atoms. The largest absolute Gasteiger partial charge is 0.534 e. The molecule has 3 rings (SSSR count). The highest BCUT2D eigenvalue weighted by Crippen LogP contribution is 2.50. The highest BCUT2D eigenvalue weighted by molar-refractivity contribution is 7.88. The summed E-state index contributed by atoms with van der Waals surface area (Å²) >= 11 is 0. The molecule has 0 radical (unpaired) electrons. The Morgan fingerprint density at radius 3 is 2.33 bits per heavy atom. The van der Waals surface area contributed by atoms with E-state index >= 15 is 0 Å². The predicted octanol–water partition coefficient (Wildman–Crippen LogP) is 3.91. The van der Waals surface area contributed by atoms with Gasteiger partial charge in [0, 0.05) is 5.41 Å². The van der Waals surface area contributed by atoms with Gasteiger partial charge in [0.25, 0.3) is 0 Å². The van der Waals surface area contributed by atoms with Gasteiger partial charge >= 0.3 is 15.6 Å². The molecule has 1 fully saturated rings. The van der Waals surface area contributed by atoms with E-state index < -0.39 is 26.8 Å². The molecule has 4 nitrogen and oxygen atoms in total. The number of aryl methyl sites for hydroxylation is 1. The average Bonchev–Trinajstić information content (AvgIpc) is 2.76. The zero-order chi connectivity index (χ0) is 17.8. The van der Waals surface area contributed by atoms with Crippen LogP contribution in [0.1, 0.15) is 53.6 Å². The van der Waals surface area contributed by atoms with Crippen molar-refractivity contribution in [3.05, 3.63) is 28.8 Å². The van der Waals surface area contributed by atoms with Crippen LogP contribution >= 0.6 is 0 Å².